The summed E-state index contributed by atoms with van der Waals surface area (Å²) < 4.78 is 1.83. The minimum atomic E-state index is -0.855. The molecule has 0 radical (unpaired) electrons. The van der Waals surface area contributed by atoms with Gasteiger partial charge in [0.05, 0.1) is 11.9 Å². The lowest BCUT2D eigenvalue weighted by Gasteiger charge is -2.00. The summed E-state index contributed by atoms with van der Waals surface area (Å²) in [6, 6.07) is 3.50. The molecule has 0 aromatic carbocycles. The van der Waals surface area contributed by atoms with Gasteiger partial charge in [0.1, 0.15) is 5.82 Å². The number of nitrogens with zero attached hydrogens (tertiary/aromatic N) is 2. The molecule has 0 aliphatic carbocycles. The van der Waals surface area contributed by atoms with Gasteiger partial charge in [0, 0.05) is 6.20 Å². The van der Waals surface area contributed by atoms with Crippen LogP contribution in [-0.4, -0.2) is 20.5 Å². The third-order valence-corrected chi connectivity index (χ3v) is 2.47. The number of aryl methyl sites for hydroxylation is 1. The maximum Gasteiger partial charge on any atom is 0.307 e. The van der Waals surface area contributed by atoms with Crippen LogP contribution in [0.5, 0.6) is 0 Å². The zero-order valence-corrected chi connectivity index (χ0v) is 8.82. The molecule has 0 atom stereocenters. The zero-order chi connectivity index (χ0) is 11.0. The molecule has 1 N–H and O–H groups in total. The molecule has 2 rings (SSSR count). The Morgan fingerprint density at radius 1 is 1.67 bits per heavy atom. The molecule has 2 aromatic rings. The molecule has 2 aromatic heterocycles. The Morgan fingerprint density at radius 3 is 3.07 bits per heavy atom. The highest BCUT2D eigenvalue weighted by molar-refractivity contribution is 6.32. The van der Waals surface area contributed by atoms with Gasteiger partial charge in [-0.25, -0.2) is 4.98 Å². The van der Waals surface area contributed by atoms with Crippen LogP contribution in [0.4, 0.5) is 0 Å². The van der Waals surface area contributed by atoms with Crippen molar-refractivity contribution in [3.63, 3.8) is 0 Å². The van der Waals surface area contributed by atoms with Crippen molar-refractivity contribution in [3.8, 4) is 0 Å². The number of carboxylic acid groups (broad SMARTS) is 1. The summed E-state index contributed by atoms with van der Waals surface area (Å²) in [4.78, 5) is 14.6. The van der Waals surface area contributed by atoms with Gasteiger partial charge in [-0.1, -0.05) is 11.6 Å². The second-order valence-corrected chi connectivity index (χ2v) is 3.67. The summed E-state index contributed by atoms with van der Waals surface area (Å²) >= 11 is 5.91. The van der Waals surface area contributed by atoms with Crippen LogP contribution in [-0.2, 0) is 11.2 Å². The topological polar surface area (TPSA) is 54.6 Å². The van der Waals surface area contributed by atoms with Crippen LogP contribution in [0, 0.1) is 6.92 Å². The maximum absolute atomic E-state index is 10.5. The molecule has 0 amide bonds. The standard InChI is InChI=1S/C10H9ClN2O2/c1-6-12-10(11)8-4-7(5-9(14)15)2-3-13(6)8/h2-4H,5H2,1H3,(H,14,15). The highest BCUT2D eigenvalue weighted by atomic mass is 35.5. The highest BCUT2D eigenvalue weighted by Gasteiger charge is 2.07. The van der Waals surface area contributed by atoms with Crippen molar-refractivity contribution in [1.29, 1.82) is 0 Å². The number of aliphatic carboxylic acids is 1. The summed E-state index contributed by atoms with van der Waals surface area (Å²) in [6.07, 6.45) is 1.78. The largest absolute Gasteiger partial charge is 0.481 e. The Bertz CT molecular complexity index is 533. The molecule has 4 nitrogen and oxygen atoms in total. The molecule has 0 saturated carbocycles. The van der Waals surface area contributed by atoms with Crippen molar-refractivity contribution in [2.45, 2.75) is 13.3 Å². The van der Waals surface area contributed by atoms with Gasteiger partial charge in [0.2, 0.25) is 0 Å². The van der Waals surface area contributed by atoms with Crippen LogP contribution in [0.15, 0.2) is 18.3 Å². The van der Waals surface area contributed by atoms with Gasteiger partial charge in [-0.3, -0.25) is 4.79 Å². The number of aromatic nitrogens is 2. The Labute approximate surface area is 91.1 Å². The minimum Gasteiger partial charge on any atom is -0.481 e. The Balaban J connectivity index is 2.55. The molecule has 0 saturated heterocycles. The van der Waals surface area contributed by atoms with Gasteiger partial charge in [0.25, 0.3) is 0 Å². The molecular formula is C10H9ClN2O2. The van der Waals surface area contributed by atoms with Crippen LogP contribution < -0.4 is 0 Å². The van der Waals surface area contributed by atoms with E-state index in [9.17, 15) is 4.79 Å². The van der Waals surface area contributed by atoms with Gasteiger partial charge in [0.15, 0.2) is 5.15 Å². The van der Waals surface area contributed by atoms with Gasteiger partial charge in [-0.05, 0) is 24.6 Å². The number of fused-ring (bicyclic) bond motifs is 1. The Hall–Kier alpha value is -1.55. The predicted octanol–water partition coefficient (Wildman–Crippen LogP) is 1.92. The third-order valence-electron chi connectivity index (χ3n) is 2.19. The van der Waals surface area contributed by atoms with Crippen molar-refractivity contribution < 1.29 is 9.90 Å². The first-order valence-corrected chi connectivity index (χ1v) is 4.80. The molecular weight excluding hydrogens is 216 g/mol. The first kappa shape index (κ1) is 9.98. The van der Waals surface area contributed by atoms with E-state index in [0.29, 0.717) is 5.15 Å². The number of carboxylic acids is 1. The fraction of sp³-hybridized carbons (Fsp3) is 0.200. The van der Waals surface area contributed by atoms with Crippen molar-refractivity contribution in [1.82, 2.24) is 9.38 Å². The number of pyridine rings is 1. The van der Waals surface area contributed by atoms with Gasteiger partial charge in [-0.15, -0.1) is 0 Å². The lowest BCUT2D eigenvalue weighted by molar-refractivity contribution is -0.136. The molecule has 0 bridgehead atoms. The van der Waals surface area contributed by atoms with Gasteiger partial charge in [-0.2, -0.15) is 0 Å². The molecule has 5 heteroatoms. The monoisotopic (exact) mass is 224 g/mol. The second-order valence-electron chi connectivity index (χ2n) is 3.31. The molecule has 15 heavy (non-hydrogen) atoms. The minimum absolute atomic E-state index is 0.00292. The van der Waals surface area contributed by atoms with E-state index in [0.717, 1.165) is 16.9 Å². The van der Waals surface area contributed by atoms with Crippen molar-refractivity contribution in [2.24, 2.45) is 0 Å². The molecule has 0 aliphatic rings. The summed E-state index contributed by atoms with van der Waals surface area (Å²) in [5.74, 6) is -0.0661. The molecule has 2 heterocycles. The fourth-order valence-corrected chi connectivity index (χ4v) is 1.79. The highest BCUT2D eigenvalue weighted by Crippen LogP contribution is 2.19. The van der Waals surface area contributed by atoms with Crippen LogP contribution in [0.25, 0.3) is 5.52 Å². The molecule has 78 valence electrons. The van der Waals surface area contributed by atoms with Crippen LogP contribution >= 0.6 is 11.6 Å². The lowest BCUT2D eigenvalue weighted by atomic mass is 10.2. The third kappa shape index (κ3) is 1.80. The number of carbonyl (C=O) groups is 1. The molecule has 0 aliphatic heterocycles. The molecule has 0 unspecified atom stereocenters. The number of imidazole rings is 1. The van der Waals surface area contributed by atoms with Gasteiger partial charge >= 0.3 is 5.97 Å². The quantitative estimate of drug-likeness (QED) is 0.848. The molecule has 0 fully saturated rings. The van der Waals surface area contributed by atoms with Crippen molar-refractivity contribution >= 4 is 23.1 Å². The number of halogens is 1. The first-order chi connectivity index (χ1) is 7.08. The van der Waals surface area contributed by atoms with Gasteiger partial charge < -0.3 is 9.51 Å². The average molecular weight is 225 g/mol. The number of hydrogen-bond donors (Lipinski definition) is 1. The average Bonchev–Trinajstić information content (AvgIpc) is 2.41. The van der Waals surface area contributed by atoms with Crippen LogP contribution in [0.1, 0.15) is 11.4 Å². The van der Waals surface area contributed by atoms with E-state index >= 15 is 0 Å². The molecule has 0 spiro atoms. The van der Waals surface area contributed by atoms with E-state index in [2.05, 4.69) is 4.98 Å². The van der Waals surface area contributed by atoms with E-state index in [1.807, 2.05) is 11.3 Å². The first-order valence-electron chi connectivity index (χ1n) is 4.43. The van der Waals surface area contributed by atoms with Crippen molar-refractivity contribution in [3.05, 3.63) is 34.9 Å². The lowest BCUT2D eigenvalue weighted by Crippen LogP contribution is -2.00. The van der Waals surface area contributed by atoms with E-state index in [1.165, 1.54) is 0 Å². The number of hydrogen-bond acceptors (Lipinski definition) is 2. The Morgan fingerprint density at radius 2 is 2.40 bits per heavy atom. The van der Waals surface area contributed by atoms with E-state index in [1.54, 1.807) is 18.3 Å². The Kier molecular flexibility index (Phi) is 2.36. The van der Waals surface area contributed by atoms with E-state index < -0.39 is 5.97 Å². The van der Waals surface area contributed by atoms with Crippen LogP contribution in [0.3, 0.4) is 0 Å². The van der Waals surface area contributed by atoms with Crippen LogP contribution in [0.2, 0.25) is 5.15 Å². The SMILES string of the molecule is Cc1nc(Cl)c2cc(CC(=O)O)ccn12. The normalized spacial score (nSPS) is 10.8. The summed E-state index contributed by atoms with van der Waals surface area (Å²) in [5.41, 5.74) is 1.46. The second kappa shape index (κ2) is 3.55. The maximum atomic E-state index is 10.5. The fourth-order valence-electron chi connectivity index (χ4n) is 1.52. The summed E-state index contributed by atoms with van der Waals surface area (Å²) in [5, 5.41) is 9.06. The van der Waals surface area contributed by atoms with Crippen molar-refractivity contribution in [2.75, 3.05) is 0 Å². The zero-order valence-electron chi connectivity index (χ0n) is 8.07. The summed E-state index contributed by atoms with van der Waals surface area (Å²) in [6.45, 7) is 1.84. The predicted molar refractivity (Wildman–Crippen MR) is 56.3 cm³/mol. The summed E-state index contributed by atoms with van der Waals surface area (Å²) in [7, 11) is 0. The van der Waals surface area contributed by atoms with E-state index in [-0.39, 0.29) is 6.42 Å². The smallest absolute Gasteiger partial charge is 0.307 e. The number of rotatable bonds is 2. The van der Waals surface area contributed by atoms with E-state index in [4.69, 9.17) is 16.7 Å².